The Morgan fingerprint density at radius 3 is 2.53 bits per heavy atom. The Morgan fingerprint density at radius 1 is 1.05 bits per heavy atom. The fourth-order valence-electron chi connectivity index (χ4n) is 4.63. The highest BCUT2D eigenvalue weighted by molar-refractivity contribution is 9.09. The minimum Gasteiger partial charge on any atom is -0.301 e. The normalized spacial score (nSPS) is 36.3. The van der Waals surface area contributed by atoms with Crippen LogP contribution in [0.4, 0.5) is 0 Å². The molecule has 2 atom stereocenters. The lowest BCUT2D eigenvalue weighted by atomic mass is 9.75. The van der Waals surface area contributed by atoms with Gasteiger partial charge in [0.1, 0.15) is 0 Å². The van der Waals surface area contributed by atoms with Gasteiger partial charge in [-0.15, -0.1) is 0 Å². The second-order valence-corrected chi connectivity index (χ2v) is 7.83. The largest absolute Gasteiger partial charge is 0.301 e. The van der Waals surface area contributed by atoms with Gasteiger partial charge in [0, 0.05) is 30.5 Å². The molecule has 0 aromatic rings. The number of likely N-dealkylation sites (N-methyl/N-ethyl adjacent to an activating group) is 1. The van der Waals surface area contributed by atoms with E-state index in [1.165, 1.54) is 76.3 Å². The van der Waals surface area contributed by atoms with Crippen LogP contribution in [0, 0.1) is 5.41 Å². The summed E-state index contributed by atoms with van der Waals surface area (Å²) in [6.07, 6.45) is 11.5. The summed E-state index contributed by atoms with van der Waals surface area (Å²) in [5, 5.41) is 1.21. The molecule has 0 spiro atoms. The second-order valence-electron chi connectivity index (χ2n) is 7.27. The van der Waals surface area contributed by atoms with E-state index in [-0.39, 0.29) is 0 Å². The Morgan fingerprint density at radius 2 is 1.79 bits per heavy atom. The molecule has 1 saturated carbocycles. The molecule has 3 heteroatoms. The average molecular weight is 329 g/mol. The highest BCUT2D eigenvalue weighted by atomic mass is 79.9. The van der Waals surface area contributed by atoms with Crippen molar-refractivity contribution in [1.82, 2.24) is 9.80 Å². The number of rotatable bonds is 3. The first-order chi connectivity index (χ1) is 9.22. The molecule has 2 unspecified atom stereocenters. The fourth-order valence-corrected chi connectivity index (χ4v) is 5.37. The summed E-state index contributed by atoms with van der Waals surface area (Å²) < 4.78 is 0. The van der Waals surface area contributed by atoms with E-state index in [2.05, 4.69) is 32.8 Å². The number of alkyl halides is 1. The SMILES string of the molecule is CN1C2CCC1CN(CC1(CBr)CCCCC1)CC2. The molecule has 2 nitrogen and oxygen atoms in total. The molecule has 1 aliphatic carbocycles. The predicted molar refractivity (Wildman–Crippen MR) is 84.9 cm³/mol. The summed E-state index contributed by atoms with van der Waals surface area (Å²) in [5.41, 5.74) is 0.584. The summed E-state index contributed by atoms with van der Waals surface area (Å²) >= 11 is 3.83. The molecule has 2 aliphatic heterocycles. The van der Waals surface area contributed by atoms with Crippen molar-refractivity contribution in [2.24, 2.45) is 5.41 Å². The molecule has 0 N–H and O–H groups in total. The first-order valence-corrected chi connectivity index (χ1v) is 9.35. The minimum atomic E-state index is 0.584. The quantitative estimate of drug-likeness (QED) is 0.731. The van der Waals surface area contributed by atoms with Gasteiger partial charge in [0.2, 0.25) is 0 Å². The molecule has 3 aliphatic rings. The molecule has 0 radical (unpaired) electrons. The zero-order valence-electron chi connectivity index (χ0n) is 12.4. The Kier molecular flexibility index (Phi) is 4.55. The van der Waals surface area contributed by atoms with E-state index >= 15 is 0 Å². The minimum absolute atomic E-state index is 0.584. The van der Waals surface area contributed by atoms with E-state index in [0.717, 1.165) is 12.1 Å². The Balaban J connectivity index is 1.62. The third-order valence-corrected chi connectivity index (χ3v) is 7.18. The molecule has 0 amide bonds. The summed E-state index contributed by atoms with van der Waals surface area (Å²) in [7, 11) is 2.35. The molecule has 19 heavy (non-hydrogen) atoms. The van der Waals surface area contributed by atoms with Crippen LogP contribution in [0.25, 0.3) is 0 Å². The first-order valence-electron chi connectivity index (χ1n) is 8.23. The van der Waals surface area contributed by atoms with E-state index in [1.54, 1.807) is 0 Å². The van der Waals surface area contributed by atoms with Gasteiger partial charge in [-0.05, 0) is 51.1 Å². The topological polar surface area (TPSA) is 6.48 Å². The van der Waals surface area contributed by atoms with Crippen LogP contribution in [0.2, 0.25) is 0 Å². The molecule has 0 aromatic heterocycles. The van der Waals surface area contributed by atoms with E-state index in [1.807, 2.05) is 0 Å². The van der Waals surface area contributed by atoms with Gasteiger partial charge in [-0.25, -0.2) is 0 Å². The zero-order chi connectivity index (χ0) is 13.3. The van der Waals surface area contributed by atoms with Crippen LogP contribution in [0.15, 0.2) is 0 Å². The number of fused-ring (bicyclic) bond motifs is 2. The van der Waals surface area contributed by atoms with Crippen molar-refractivity contribution < 1.29 is 0 Å². The van der Waals surface area contributed by atoms with Gasteiger partial charge in [-0.1, -0.05) is 35.2 Å². The third-order valence-electron chi connectivity index (χ3n) is 5.99. The van der Waals surface area contributed by atoms with Gasteiger partial charge >= 0.3 is 0 Å². The van der Waals surface area contributed by atoms with Gasteiger partial charge in [-0.3, -0.25) is 4.90 Å². The van der Waals surface area contributed by atoms with Crippen molar-refractivity contribution in [3.63, 3.8) is 0 Å². The number of likely N-dealkylation sites (tertiary alicyclic amines) is 1. The maximum atomic E-state index is 3.83. The molecule has 3 fully saturated rings. The Labute approximate surface area is 127 Å². The highest BCUT2D eigenvalue weighted by Crippen LogP contribution is 2.39. The van der Waals surface area contributed by atoms with Gasteiger partial charge in [-0.2, -0.15) is 0 Å². The summed E-state index contributed by atoms with van der Waals surface area (Å²) in [5.74, 6) is 0. The molecule has 3 rings (SSSR count). The van der Waals surface area contributed by atoms with Crippen LogP contribution >= 0.6 is 15.9 Å². The fraction of sp³-hybridized carbons (Fsp3) is 1.00. The maximum absolute atomic E-state index is 3.83. The maximum Gasteiger partial charge on any atom is 0.0223 e. The van der Waals surface area contributed by atoms with E-state index in [9.17, 15) is 0 Å². The molecule has 2 saturated heterocycles. The van der Waals surface area contributed by atoms with Gasteiger partial charge < -0.3 is 4.90 Å². The molecular formula is C16H29BrN2. The molecular weight excluding hydrogens is 300 g/mol. The number of hydrogen-bond acceptors (Lipinski definition) is 2. The van der Waals surface area contributed by atoms with Gasteiger partial charge in [0.05, 0.1) is 0 Å². The van der Waals surface area contributed by atoms with Crippen molar-refractivity contribution >= 4 is 15.9 Å². The summed E-state index contributed by atoms with van der Waals surface area (Å²) in [4.78, 5) is 5.47. The number of nitrogens with zero attached hydrogens (tertiary/aromatic N) is 2. The molecule has 2 heterocycles. The Bertz CT molecular complexity index is 301. The number of hydrogen-bond donors (Lipinski definition) is 0. The Hall–Kier alpha value is 0.400. The number of halogens is 1. The van der Waals surface area contributed by atoms with Crippen molar-refractivity contribution in [3.05, 3.63) is 0 Å². The molecule has 0 aromatic carbocycles. The lowest BCUT2D eigenvalue weighted by Gasteiger charge is -2.40. The molecule has 110 valence electrons. The van der Waals surface area contributed by atoms with E-state index in [4.69, 9.17) is 0 Å². The van der Waals surface area contributed by atoms with Crippen molar-refractivity contribution in [1.29, 1.82) is 0 Å². The summed E-state index contributed by atoms with van der Waals surface area (Å²) in [6.45, 7) is 4.00. The van der Waals surface area contributed by atoms with E-state index < -0.39 is 0 Å². The third kappa shape index (κ3) is 3.03. The zero-order valence-corrected chi connectivity index (χ0v) is 14.0. The standard InChI is InChI=1S/C16H29BrN2/c1-18-14-5-6-15(18)11-19(10-7-14)13-16(12-17)8-3-2-4-9-16/h14-15H,2-13H2,1H3. The highest BCUT2D eigenvalue weighted by Gasteiger charge is 2.38. The monoisotopic (exact) mass is 328 g/mol. The summed E-state index contributed by atoms with van der Waals surface area (Å²) in [6, 6.07) is 1.71. The van der Waals surface area contributed by atoms with Crippen molar-refractivity contribution in [3.8, 4) is 0 Å². The lowest BCUT2D eigenvalue weighted by Crippen LogP contribution is -2.44. The van der Waals surface area contributed by atoms with Gasteiger partial charge in [0.25, 0.3) is 0 Å². The van der Waals surface area contributed by atoms with Gasteiger partial charge in [0.15, 0.2) is 0 Å². The van der Waals surface area contributed by atoms with E-state index in [0.29, 0.717) is 5.41 Å². The van der Waals surface area contributed by atoms with Crippen molar-refractivity contribution in [2.75, 3.05) is 32.0 Å². The van der Waals surface area contributed by atoms with Crippen LogP contribution in [0.1, 0.15) is 51.4 Å². The smallest absolute Gasteiger partial charge is 0.0223 e. The predicted octanol–water partition coefficient (Wildman–Crippen LogP) is 3.50. The van der Waals surface area contributed by atoms with Crippen LogP contribution < -0.4 is 0 Å². The molecule has 2 bridgehead atoms. The van der Waals surface area contributed by atoms with Crippen LogP contribution in [0.5, 0.6) is 0 Å². The van der Waals surface area contributed by atoms with Crippen LogP contribution in [-0.4, -0.2) is 53.9 Å². The van der Waals surface area contributed by atoms with Crippen LogP contribution in [-0.2, 0) is 0 Å². The van der Waals surface area contributed by atoms with Crippen LogP contribution in [0.3, 0.4) is 0 Å². The first kappa shape index (κ1) is 14.3. The van der Waals surface area contributed by atoms with Crippen molar-refractivity contribution in [2.45, 2.75) is 63.5 Å². The average Bonchev–Trinajstić information content (AvgIpc) is 2.68. The second kappa shape index (κ2) is 6.03. The lowest BCUT2D eigenvalue weighted by molar-refractivity contribution is 0.118.